The summed E-state index contributed by atoms with van der Waals surface area (Å²) in [5.41, 5.74) is 5.60. The van der Waals surface area contributed by atoms with Gasteiger partial charge in [-0.25, -0.2) is 0 Å². The average Bonchev–Trinajstić information content (AvgIpc) is 2.33. The molecule has 58 valence electrons. The minimum absolute atomic E-state index is 0.0614. The first kappa shape index (κ1) is 6.51. The van der Waals surface area contributed by atoms with Crippen LogP contribution in [0.5, 0.6) is 0 Å². The van der Waals surface area contributed by atoms with Gasteiger partial charge in [-0.1, -0.05) is 0 Å². The van der Waals surface area contributed by atoms with Gasteiger partial charge in [0.25, 0.3) is 0 Å². The zero-order valence-corrected chi connectivity index (χ0v) is 5.72. The summed E-state index contributed by atoms with van der Waals surface area (Å²) in [6.07, 6.45) is 0.282. The first-order valence-electron chi connectivity index (χ1n) is 3.58. The SMILES string of the molecule is NC1NCC2NCNC2N1. The van der Waals surface area contributed by atoms with Crippen LogP contribution in [0.25, 0.3) is 0 Å². The maximum absolute atomic E-state index is 5.60. The van der Waals surface area contributed by atoms with E-state index in [-0.39, 0.29) is 6.29 Å². The van der Waals surface area contributed by atoms with Crippen molar-refractivity contribution in [3.8, 4) is 0 Å². The molecule has 0 aromatic rings. The van der Waals surface area contributed by atoms with E-state index in [2.05, 4.69) is 21.3 Å². The van der Waals surface area contributed by atoms with Crippen molar-refractivity contribution in [1.29, 1.82) is 0 Å². The molecule has 0 aromatic carbocycles. The van der Waals surface area contributed by atoms with Crippen LogP contribution in [-0.2, 0) is 0 Å². The van der Waals surface area contributed by atoms with E-state index in [1.807, 2.05) is 0 Å². The minimum Gasteiger partial charge on any atom is -0.304 e. The Kier molecular flexibility index (Phi) is 1.59. The van der Waals surface area contributed by atoms with Crippen molar-refractivity contribution in [3.63, 3.8) is 0 Å². The predicted molar refractivity (Wildman–Crippen MR) is 37.8 cm³/mol. The highest BCUT2D eigenvalue weighted by atomic mass is 15.4. The molecule has 2 saturated heterocycles. The summed E-state index contributed by atoms with van der Waals surface area (Å²) in [5.74, 6) is 0. The van der Waals surface area contributed by atoms with E-state index in [1.165, 1.54) is 0 Å². The monoisotopic (exact) mass is 143 g/mol. The Morgan fingerprint density at radius 3 is 3.00 bits per heavy atom. The molecule has 2 rings (SSSR count). The van der Waals surface area contributed by atoms with Gasteiger partial charge in [0, 0.05) is 19.3 Å². The zero-order valence-electron chi connectivity index (χ0n) is 5.72. The second-order valence-electron chi connectivity index (χ2n) is 2.72. The summed E-state index contributed by atoms with van der Waals surface area (Å²) in [4.78, 5) is 0. The van der Waals surface area contributed by atoms with E-state index in [0.717, 1.165) is 13.2 Å². The number of hydrogen-bond donors (Lipinski definition) is 5. The first-order chi connectivity index (χ1) is 4.86. The van der Waals surface area contributed by atoms with E-state index in [9.17, 15) is 0 Å². The van der Waals surface area contributed by atoms with Crippen LogP contribution in [0.3, 0.4) is 0 Å². The van der Waals surface area contributed by atoms with Crippen LogP contribution in [0.15, 0.2) is 0 Å². The summed E-state index contributed by atoms with van der Waals surface area (Å²) in [5, 5.41) is 12.8. The van der Waals surface area contributed by atoms with Crippen LogP contribution < -0.4 is 27.0 Å². The van der Waals surface area contributed by atoms with Gasteiger partial charge in [0.1, 0.15) is 6.29 Å². The maximum Gasteiger partial charge on any atom is 0.110 e. The third-order valence-corrected chi connectivity index (χ3v) is 2.01. The molecule has 0 amide bonds. The summed E-state index contributed by atoms with van der Waals surface area (Å²) < 4.78 is 0. The molecule has 5 heteroatoms. The van der Waals surface area contributed by atoms with Crippen molar-refractivity contribution < 1.29 is 0 Å². The Morgan fingerprint density at radius 1 is 1.20 bits per heavy atom. The number of nitrogens with one attached hydrogen (secondary N) is 4. The fourth-order valence-electron chi connectivity index (χ4n) is 1.43. The number of nitrogens with two attached hydrogens (primary N) is 1. The molecule has 2 fully saturated rings. The van der Waals surface area contributed by atoms with Crippen molar-refractivity contribution in [1.82, 2.24) is 21.3 Å². The van der Waals surface area contributed by atoms with Crippen molar-refractivity contribution in [3.05, 3.63) is 0 Å². The molecule has 0 aliphatic carbocycles. The fraction of sp³-hybridized carbons (Fsp3) is 1.00. The minimum atomic E-state index is -0.0614. The van der Waals surface area contributed by atoms with Gasteiger partial charge < -0.3 is 5.73 Å². The Morgan fingerprint density at radius 2 is 2.10 bits per heavy atom. The van der Waals surface area contributed by atoms with Crippen LogP contribution >= 0.6 is 0 Å². The highest BCUT2D eigenvalue weighted by Gasteiger charge is 2.30. The quantitative estimate of drug-likeness (QED) is 0.254. The average molecular weight is 143 g/mol. The second kappa shape index (κ2) is 2.44. The molecule has 0 spiro atoms. The van der Waals surface area contributed by atoms with Gasteiger partial charge >= 0.3 is 0 Å². The molecule has 0 aromatic heterocycles. The molecule has 2 aliphatic heterocycles. The lowest BCUT2D eigenvalue weighted by Gasteiger charge is -2.31. The fourth-order valence-corrected chi connectivity index (χ4v) is 1.43. The molecule has 3 atom stereocenters. The Hall–Kier alpha value is -0.200. The van der Waals surface area contributed by atoms with E-state index < -0.39 is 0 Å². The highest BCUT2D eigenvalue weighted by Crippen LogP contribution is 1.99. The van der Waals surface area contributed by atoms with Crippen LogP contribution in [0.2, 0.25) is 0 Å². The van der Waals surface area contributed by atoms with Crippen molar-refractivity contribution >= 4 is 0 Å². The topological polar surface area (TPSA) is 74.1 Å². The third kappa shape index (κ3) is 1.02. The van der Waals surface area contributed by atoms with E-state index >= 15 is 0 Å². The van der Waals surface area contributed by atoms with E-state index in [0.29, 0.717) is 12.2 Å². The third-order valence-electron chi connectivity index (χ3n) is 2.01. The molecule has 0 radical (unpaired) electrons. The van der Waals surface area contributed by atoms with Gasteiger partial charge in [-0.2, -0.15) is 0 Å². The van der Waals surface area contributed by atoms with Gasteiger partial charge in [0.15, 0.2) is 0 Å². The first-order valence-corrected chi connectivity index (χ1v) is 3.58. The Labute approximate surface area is 59.7 Å². The van der Waals surface area contributed by atoms with Gasteiger partial charge in [-0.15, -0.1) is 0 Å². The molecule has 6 N–H and O–H groups in total. The predicted octanol–water partition coefficient (Wildman–Crippen LogP) is -2.73. The summed E-state index contributed by atoms with van der Waals surface area (Å²) in [7, 11) is 0. The number of rotatable bonds is 0. The maximum atomic E-state index is 5.60. The van der Waals surface area contributed by atoms with Crippen LogP contribution in [0.1, 0.15) is 0 Å². The number of hydrogen-bond acceptors (Lipinski definition) is 5. The molecular formula is C5H13N5. The van der Waals surface area contributed by atoms with Crippen LogP contribution in [0, 0.1) is 0 Å². The Balaban J connectivity index is 1.96. The molecular weight excluding hydrogens is 130 g/mol. The molecule has 0 saturated carbocycles. The van der Waals surface area contributed by atoms with Gasteiger partial charge in [-0.05, 0) is 0 Å². The lowest BCUT2D eigenvalue weighted by atomic mass is 10.2. The number of fused-ring (bicyclic) bond motifs is 1. The van der Waals surface area contributed by atoms with Gasteiger partial charge in [0.05, 0.1) is 6.17 Å². The van der Waals surface area contributed by atoms with Crippen LogP contribution in [-0.4, -0.2) is 31.7 Å². The lowest BCUT2D eigenvalue weighted by molar-refractivity contribution is 0.270. The van der Waals surface area contributed by atoms with Gasteiger partial charge in [0.2, 0.25) is 0 Å². The standard InChI is InChI=1S/C5H13N5/c6-5-7-1-3-4(10-5)9-2-8-3/h3-5,7-10H,1-2,6H2. The smallest absolute Gasteiger partial charge is 0.110 e. The second-order valence-corrected chi connectivity index (χ2v) is 2.72. The Bertz CT molecular complexity index is 127. The highest BCUT2D eigenvalue weighted by molar-refractivity contribution is 4.92. The molecule has 5 nitrogen and oxygen atoms in total. The summed E-state index contributed by atoms with van der Waals surface area (Å²) >= 11 is 0. The largest absolute Gasteiger partial charge is 0.304 e. The van der Waals surface area contributed by atoms with Crippen molar-refractivity contribution in [2.45, 2.75) is 18.5 Å². The van der Waals surface area contributed by atoms with Crippen LogP contribution in [0.4, 0.5) is 0 Å². The van der Waals surface area contributed by atoms with E-state index in [1.54, 1.807) is 0 Å². The van der Waals surface area contributed by atoms with E-state index in [4.69, 9.17) is 5.73 Å². The molecule has 0 bridgehead atoms. The molecule has 2 heterocycles. The molecule has 2 aliphatic rings. The van der Waals surface area contributed by atoms with Crippen molar-refractivity contribution in [2.24, 2.45) is 5.73 Å². The van der Waals surface area contributed by atoms with Gasteiger partial charge in [-0.3, -0.25) is 21.3 Å². The molecule has 10 heavy (non-hydrogen) atoms. The lowest BCUT2D eigenvalue weighted by Crippen LogP contribution is -2.66. The normalized spacial score (nSPS) is 47.1. The van der Waals surface area contributed by atoms with Crippen molar-refractivity contribution in [2.75, 3.05) is 13.2 Å². The molecule has 3 unspecified atom stereocenters. The summed E-state index contributed by atoms with van der Waals surface area (Å²) in [6.45, 7) is 1.81. The zero-order chi connectivity index (χ0) is 6.97. The summed E-state index contributed by atoms with van der Waals surface area (Å²) in [6, 6.07) is 0.486.